The lowest BCUT2D eigenvalue weighted by molar-refractivity contribution is 0.0742. The van der Waals surface area contributed by atoms with E-state index in [1.54, 1.807) is 24.1 Å². The van der Waals surface area contributed by atoms with Gasteiger partial charge in [0.2, 0.25) is 0 Å². The molecule has 1 unspecified atom stereocenters. The minimum atomic E-state index is -0.268. The molecule has 0 radical (unpaired) electrons. The van der Waals surface area contributed by atoms with Crippen LogP contribution in [-0.2, 0) is 6.42 Å². The van der Waals surface area contributed by atoms with E-state index in [0.717, 1.165) is 24.2 Å². The van der Waals surface area contributed by atoms with Crippen LogP contribution >= 0.6 is 0 Å². The number of carbonyl (C=O) groups excluding carboxylic acids is 1. The second kappa shape index (κ2) is 5.79. The first-order valence-electron chi connectivity index (χ1n) is 7.45. The summed E-state index contributed by atoms with van der Waals surface area (Å²) in [4.78, 5) is 14.3. The molecule has 1 amide bonds. The predicted molar refractivity (Wildman–Crippen MR) is 85.5 cm³/mol. The van der Waals surface area contributed by atoms with Crippen molar-refractivity contribution in [1.82, 2.24) is 4.90 Å². The third-order valence-electron chi connectivity index (χ3n) is 4.32. The largest absolute Gasteiger partial charge is 0.384 e. The summed E-state index contributed by atoms with van der Waals surface area (Å²) in [5, 5.41) is 3.29. The molecule has 1 aliphatic rings. The summed E-state index contributed by atoms with van der Waals surface area (Å²) >= 11 is 0. The number of hydrogen-bond donors (Lipinski definition) is 1. The van der Waals surface area contributed by atoms with Crippen LogP contribution in [0.15, 0.2) is 42.5 Å². The summed E-state index contributed by atoms with van der Waals surface area (Å²) in [6.45, 7) is 2.87. The molecule has 0 aromatic heterocycles. The van der Waals surface area contributed by atoms with Gasteiger partial charge in [-0.15, -0.1) is 0 Å². The van der Waals surface area contributed by atoms with E-state index in [1.165, 1.54) is 17.7 Å². The number of hydrogen-bond acceptors (Lipinski definition) is 2. The quantitative estimate of drug-likeness (QED) is 0.938. The Labute approximate surface area is 129 Å². The molecule has 114 valence electrons. The third-order valence-corrected chi connectivity index (χ3v) is 4.32. The first-order chi connectivity index (χ1) is 10.6. The Morgan fingerprint density at radius 2 is 1.95 bits per heavy atom. The van der Waals surface area contributed by atoms with Crippen LogP contribution in [0.2, 0.25) is 0 Å². The molecule has 3 nitrogen and oxygen atoms in total. The Morgan fingerprint density at radius 1 is 1.23 bits per heavy atom. The van der Waals surface area contributed by atoms with Gasteiger partial charge in [0.25, 0.3) is 5.91 Å². The van der Waals surface area contributed by atoms with Crippen molar-refractivity contribution in [2.45, 2.75) is 19.4 Å². The fraction of sp³-hybridized carbons (Fsp3) is 0.278. The molecular formula is C18H19FN2O. The summed E-state index contributed by atoms with van der Waals surface area (Å²) in [5.41, 5.74) is 3.92. The van der Waals surface area contributed by atoms with Gasteiger partial charge in [-0.1, -0.05) is 12.1 Å². The molecule has 1 N–H and O–H groups in total. The van der Waals surface area contributed by atoms with E-state index in [0.29, 0.717) is 5.56 Å². The maximum absolute atomic E-state index is 13.0. The van der Waals surface area contributed by atoms with Gasteiger partial charge in [0.05, 0.1) is 6.04 Å². The molecule has 0 saturated heterocycles. The second-order valence-corrected chi connectivity index (χ2v) is 5.69. The minimum Gasteiger partial charge on any atom is -0.384 e. The van der Waals surface area contributed by atoms with Crippen LogP contribution in [0.4, 0.5) is 10.1 Å². The number of carbonyl (C=O) groups is 1. The van der Waals surface area contributed by atoms with Gasteiger partial charge in [0.1, 0.15) is 5.82 Å². The summed E-state index contributed by atoms with van der Waals surface area (Å²) in [6, 6.07) is 12.0. The third kappa shape index (κ3) is 2.69. The fourth-order valence-corrected chi connectivity index (χ4v) is 2.78. The number of amides is 1. The summed E-state index contributed by atoms with van der Waals surface area (Å²) in [5.74, 6) is -0.289. The Bertz CT molecular complexity index is 697. The van der Waals surface area contributed by atoms with E-state index >= 15 is 0 Å². The highest BCUT2D eigenvalue weighted by Gasteiger charge is 2.20. The van der Waals surface area contributed by atoms with E-state index in [4.69, 9.17) is 0 Å². The van der Waals surface area contributed by atoms with Gasteiger partial charge in [-0.25, -0.2) is 4.39 Å². The van der Waals surface area contributed by atoms with Crippen LogP contribution in [0.3, 0.4) is 0 Å². The minimum absolute atomic E-state index is 0.0217. The summed E-state index contributed by atoms with van der Waals surface area (Å²) < 4.78 is 13.0. The summed E-state index contributed by atoms with van der Waals surface area (Å²) in [7, 11) is 1.78. The lowest BCUT2D eigenvalue weighted by Crippen LogP contribution is -2.29. The van der Waals surface area contributed by atoms with Gasteiger partial charge < -0.3 is 10.2 Å². The molecule has 0 bridgehead atoms. The number of anilines is 1. The number of benzene rings is 2. The molecule has 22 heavy (non-hydrogen) atoms. The van der Waals surface area contributed by atoms with E-state index < -0.39 is 0 Å². The molecule has 0 spiro atoms. The Hall–Kier alpha value is -2.36. The fourth-order valence-electron chi connectivity index (χ4n) is 2.78. The summed E-state index contributed by atoms with van der Waals surface area (Å²) in [6.07, 6.45) is 0.952. The lowest BCUT2D eigenvalue weighted by atomic mass is 10.0. The molecule has 2 aromatic carbocycles. The van der Waals surface area contributed by atoms with Gasteiger partial charge in [-0.2, -0.15) is 0 Å². The number of nitrogens with zero attached hydrogens (tertiary/aromatic N) is 1. The molecule has 1 atom stereocenters. The highest BCUT2D eigenvalue weighted by atomic mass is 19.1. The van der Waals surface area contributed by atoms with E-state index in [2.05, 4.69) is 5.32 Å². The molecule has 3 rings (SSSR count). The van der Waals surface area contributed by atoms with Gasteiger partial charge in [-0.05, 0) is 54.8 Å². The normalized spacial score (nSPS) is 14.1. The van der Waals surface area contributed by atoms with Crippen molar-refractivity contribution in [2.24, 2.45) is 0 Å². The van der Waals surface area contributed by atoms with Crippen molar-refractivity contribution in [1.29, 1.82) is 0 Å². The molecule has 0 fully saturated rings. The molecule has 4 heteroatoms. The maximum Gasteiger partial charge on any atom is 0.254 e. The van der Waals surface area contributed by atoms with Crippen molar-refractivity contribution in [3.63, 3.8) is 0 Å². The van der Waals surface area contributed by atoms with Crippen molar-refractivity contribution >= 4 is 11.6 Å². The smallest absolute Gasteiger partial charge is 0.254 e. The van der Waals surface area contributed by atoms with Crippen LogP contribution in [0, 0.1) is 5.82 Å². The van der Waals surface area contributed by atoms with Gasteiger partial charge in [0, 0.05) is 24.8 Å². The molecule has 0 aliphatic carbocycles. The Morgan fingerprint density at radius 3 is 2.68 bits per heavy atom. The Balaban J connectivity index is 1.80. The van der Waals surface area contributed by atoms with E-state index in [-0.39, 0.29) is 17.8 Å². The zero-order valence-electron chi connectivity index (χ0n) is 12.8. The number of fused-ring (bicyclic) bond motifs is 1. The molecule has 1 heterocycles. The zero-order valence-corrected chi connectivity index (χ0v) is 12.8. The van der Waals surface area contributed by atoms with Crippen LogP contribution in [0.25, 0.3) is 0 Å². The van der Waals surface area contributed by atoms with Gasteiger partial charge in [-0.3, -0.25) is 4.79 Å². The molecule has 1 aliphatic heterocycles. The molecule has 2 aromatic rings. The van der Waals surface area contributed by atoms with Crippen molar-refractivity contribution in [2.75, 3.05) is 18.9 Å². The first kappa shape index (κ1) is 14.6. The van der Waals surface area contributed by atoms with Crippen LogP contribution < -0.4 is 5.32 Å². The maximum atomic E-state index is 13.0. The highest BCUT2D eigenvalue weighted by molar-refractivity contribution is 5.95. The monoisotopic (exact) mass is 298 g/mol. The molecular weight excluding hydrogens is 279 g/mol. The van der Waals surface area contributed by atoms with Gasteiger partial charge >= 0.3 is 0 Å². The van der Waals surface area contributed by atoms with Crippen molar-refractivity contribution in [3.05, 3.63) is 65.0 Å². The molecule has 0 saturated carbocycles. The average molecular weight is 298 g/mol. The average Bonchev–Trinajstić information content (AvgIpc) is 3.01. The van der Waals surface area contributed by atoms with Crippen molar-refractivity contribution in [3.8, 4) is 0 Å². The van der Waals surface area contributed by atoms with Crippen LogP contribution in [-0.4, -0.2) is 24.4 Å². The highest BCUT2D eigenvalue weighted by Crippen LogP contribution is 2.26. The topological polar surface area (TPSA) is 32.3 Å². The number of halogens is 1. The second-order valence-electron chi connectivity index (χ2n) is 5.69. The number of rotatable bonds is 3. The van der Waals surface area contributed by atoms with Gasteiger partial charge in [0.15, 0.2) is 0 Å². The standard InChI is InChI=1S/C18H19FN2O/c1-12(13-3-6-16(19)7-4-13)21(2)18(22)15-5-8-17-14(11-15)9-10-20-17/h3-8,11-12,20H,9-10H2,1-2H3. The lowest BCUT2D eigenvalue weighted by Gasteiger charge is -2.25. The predicted octanol–water partition coefficient (Wildman–Crippen LogP) is 3.63. The van der Waals surface area contributed by atoms with Crippen LogP contribution in [0.1, 0.15) is 34.5 Å². The van der Waals surface area contributed by atoms with Crippen LogP contribution in [0.5, 0.6) is 0 Å². The Kier molecular flexibility index (Phi) is 3.84. The van der Waals surface area contributed by atoms with Crippen molar-refractivity contribution < 1.29 is 9.18 Å². The van der Waals surface area contributed by atoms with E-state index in [9.17, 15) is 9.18 Å². The first-order valence-corrected chi connectivity index (χ1v) is 7.45. The SMILES string of the molecule is CC(c1ccc(F)cc1)N(C)C(=O)c1ccc2c(c1)CCN2. The number of nitrogens with one attached hydrogen (secondary N) is 1. The zero-order chi connectivity index (χ0) is 15.7. The van der Waals surface area contributed by atoms with E-state index in [1.807, 2.05) is 25.1 Å².